The summed E-state index contributed by atoms with van der Waals surface area (Å²) < 4.78 is 2.11. The van der Waals surface area contributed by atoms with Crippen molar-refractivity contribution in [1.29, 1.82) is 0 Å². The second kappa shape index (κ2) is 6.78. The van der Waals surface area contributed by atoms with Crippen LogP contribution in [0.4, 0.5) is 5.95 Å². The molecule has 4 heterocycles. The predicted octanol–water partition coefficient (Wildman–Crippen LogP) is 0.724. The molecule has 0 bridgehead atoms. The van der Waals surface area contributed by atoms with Gasteiger partial charge in [-0.25, -0.2) is 9.97 Å². The summed E-state index contributed by atoms with van der Waals surface area (Å²) in [6, 6.07) is 1.96. The molecule has 1 amide bonds. The van der Waals surface area contributed by atoms with Gasteiger partial charge in [-0.15, -0.1) is 10.2 Å². The van der Waals surface area contributed by atoms with Crippen LogP contribution in [0.25, 0.3) is 0 Å². The highest BCUT2D eigenvalue weighted by molar-refractivity contribution is 5.79. The van der Waals surface area contributed by atoms with Crippen LogP contribution in [-0.4, -0.2) is 49.8 Å². The van der Waals surface area contributed by atoms with Gasteiger partial charge in [0.1, 0.15) is 11.6 Å². The van der Waals surface area contributed by atoms with Gasteiger partial charge in [-0.3, -0.25) is 4.79 Å². The third kappa shape index (κ3) is 3.33. The van der Waals surface area contributed by atoms with Crippen LogP contribution in [0, 0.1) is 12.8 Å². The number of carbonyl (C=O) groups is 1. The molecule has 1 fully saturated rings. The van der Waals surface area contributed by atoms with E-state index in [2.05, 4.69) is 34.9 Å². The van der Waals surface area contributed by atoms with Gasteiger partial charge in [0.25, 0.3) is 0 Å². The smallest absolute Gasteiger partial charge is 0.225 e. The normalized spacial score (nSPS) is 23.2. The summed E-state index contributed by atoms with van der Waals surface area (Å²) in [6.45, 7) is 4.30. The fraction of sp³-hybridized carbons (Fsp3) is 0.588. The van der Waals surface area contributed by atoms with Gasteiger partial charge in [0, 0.05) is 44.5 Å². The van der Waals surface area contributed by atoms with Crippen LogP contribution in [0.1, 0.15) is 30.9 Å². The number of piperidine rings is 1. The van der Waals surface area contributed by atoms with E-state index in [0.717, 1.165) is 50.4 Å². The first-order valence-electron chi connectivity index (χ1n) is 8.92. The average Bonchev–Trinajstić information content (AvgIpc) is 3.03. The summed E-state index contributed by atoms with van der Waals surface area (Å²) in [5.41, 5.74) is 0. The number of nitrogens with one attached hydrogen (secondary N) is 1. The van der Waals surface area contributed by atoms with Gasteiger partial charge < -0.3 is 14.8 Å². The molecule has 0 saturated carbocycles. The SMILES string of the molecule is Cc1nnc2n1C[C@@H](NC(=O)[C@@H]1CCCN(c3ncccn3)C1)CC2. The Balaban J connectivity index is 1.37. The zero-order chi connectivity index (χ0) is 17.2. The largest absolute Gasteiger partial charge is 0.351 e. The van der Waals surface area contributed by atoms with Crippen molar-refractivity contribution in [3.63, 3.8) is 0 Å². The highest BCUT2D eigenvalue weighted by Gasteiger charge is 2.30. The Kier molecular flexibility index (Phi) is 4.33. The van der Waals surface area contributed by atoms with E-state index in [1.165, 1.54) is 0 Å². The molecule has 4 rings (SSSR count). The van der Waals surface area contributed by atoms with Crippen LogP contribution >= 0.6 is 0 Å². The minimum Gasteiger partial charge on any atom is -0.351 e. The lowest BCUT2D eigenvalue weighted by Crippen LogP contribution is -2.48. The van der Waals surface area contributed by atoms with Crippen LogP contribution < -0.4 is 10.2 Å². The summed E-state index contributed by atoms with van der Waals surface area (Å²) in [4.78, 5) is 23.5. The highest BCUT2D eigenvalue weighted by Crippen LogP contribution is 2.21. The average molecular weight is 341 g/mol. The van der Waals surface area contributed by atoms with Crippen LogP contribution in [0.15, 0.2) is 18.5 Å². The maximum Gasteiger partial charge on any atom is 0.225 e. The Morgan fingerprint density at radius 2 is 2.04 bits per heavy atom. The molecule has 8 heteroatoms. The first-order valence-corrected chi connectivity index (χ1v) is 8.92. The van der Waals surface area contributed by atoms with E-state index in [4.69, 9.17) is 0 Å². The molecule has 0 spiro atoms. The molecular weight excluding hydrogens is 318 g/mol. The van der Waals surface area contributed by atoms with E-state index in [-0.39, 0.29) is 17.9 Å². The molecule has 132 valence electrons. The van der Waals surface area contributed by atoms with E-state index in [0.29, 0.717) is 12.5 Å². The van der Waals surface area contributed by atoms with Gasteiger partial charge in [-0.05, 0) is 32.3 Å². The van der Waals surface area contributed by atoms with Crippen LogP contribution in [0.5, 0.6) is 0 Å². The van der Waals surface area contributed by atoms with Gasteiger partial charge in [0.15, 0.2) is 0 Å². The fourth-order valence-corrected chi connectivity index (χ4v) is 3.73. The van der Waals surface area contributed by atoms with Crippen LogP contribution in [-0.2, 0) is 17.8 Å². The van der Waals surface area contributed by atoms with Crippen molar-refractivity contribution >= 4 is 11.9 Å². The molecule has 1 saturated heterocycles. The van der Waals surface area contributed by atoms with Crippen LogP contribution in [0.3, 0.4) is 0 Å². The molecule has 25 heavy (non-hydrogen) atoms. The molecule has 8 nitrogen and oxygen atoms in total. The number of fused-ring (bicyclic) bond motifs is 1. The second-order valence-corrected chi connectivity index (χ2v) is 6.85. The number of hydrogen-bond donors (Lipinski definition) is 1. The zero-order valence-electron chi connectivity index (χ0n) is 14.4. The monoisotopic (exact) mass is 341 g/mol. The number of hydrogen-bond acceptors (Lipinski definition) is 6. The third-order valence-corrected chi connectivity index (χ3v) is 5.11. The minimum absolute atomic E-state index is 0.0130. The summed E-state index contributed by atoms with van der Waals surface area (Å²) >= 11 is 0. The predicted molar refractivity (Wildman–Crippen MR) is 92.0 cm³/mol. The van der Waals surface area contributed by atoms with Gasteiger partial charge in [-0.2, -0.15) is 0 Å². The van der Waals surface area contributed by atoms with Gasteiger partial charge >= 0.3 is 0 Å². The number of nitrogens with zero attached hydrogens (tertiary/aromatic N) is 6. The Hall–Kier alpha value is -2.51. The molecule has 0 aromatic carbocycles. The summed E-state index contributed by atoms with van der Waals surface area (Å²) in [5, 5.41) is 11.5. The van der Waals surface area contributed by atoms with Crippen molar-refractivity contribution in [2.45, 2.75) is 45.2 Å². The number of anilines is 1. The number of rotatable bonds is 3. The Bertz CT molecular complexity index is 745. The standard InChI is InChI=1S/C17H23N7O/c1-12-21-22-15-6-5-14(11-24(12)15)20-16(25)13-4-2-9-23(10-13)17-18-7-3-8-19-17/h3,7-8,13-14H,2,4-6,9-11H2,1H3,(H,20,25)/t13-,14+/m1/s1. The van der Waals surface area contributed by atoms with E-state index in [9.17, 15) is 4.79 Å². The summed E-state index contributed by atoms with van der Waals surface area (Å²) in [7, 11) is 0. The number of aryl methyl sites for hydroxylation is 2. The fourth-order valence-electron chi connectivity index (χ4n) is 3.73. The third-order valence-electron chi connectivity index (χ3n) is 5.11. The molecule has 1 N–H and O–H groups in total. The number of carbonyl (C=O) groups excluding carboxylic acids is 1. The van der Waals surface area contributed by atoms with Crippen molar-refractivity contribution in [1.82, 2.24) is 30.0 Å². The Labute approximate surface area is 146 Å². The zero-order valence-corrected chi connectivity index (χ0v) is 14.4. The lowest BCUT2D eigenvalue weighted by atomic mass is 9.96. The molecule has 0 aliphatic carbocycles. The van der Waals surface area contributed by atoms with Crippen molar-refractivity contribution in [2.75, 3.05) is 18.0 Å². The Morgan fingerprint density at radius 3 is 2.88 bits per heavy atom. The van der Waals surface area contributed by atoms with Crippen molar-refractivity contribution in [3.8, 4) is 0 Å². The molecule has 2 aromatic heterocycles. The van der Waals surface area contributed by atoms with Crippen LogP contribution in [0.2, 0.25) is 0 Å². The van der Waals surface area contributed by atoms with Gasteiger partial charge in [0.05, 0.1) is 5.92 Å². The Morgan fingerprint density at radius 1 is 1.20 bits per heavy atom. The minimum atomic E-state index is -0.0130. The van der Waals surface area contributed by atoms with Crippen molar-refractivity contribution < 1.29 is 4.79 Å². The highest BCUT2D eigenvalue weighted by atomic mass is 16.2. The van der Waals surface area contributed by atoms with Gasteiger partial charge in [-0.1, -0.05) is 0 Å². The van der Waals surface area contributed by atoms with Gasteiger partial charge in [0.2, 0.25) is 11.9 Å². The molecule has 2 aromatic rings. The quantitative estimate of drug-likeness (QED) is 0.885. The topological polar surface area (TPSA) is 88.8 Å². The molecular formula is C17H23N7O. The van der Waals surface area contributed by atoms with Crippen molar-refractivity contribution in [2.24, 2.45) is 5.92 Å². The molecule has 2 atom stereocenters. The second-order valence-electron chi connectivity index (χ2n) is 6.85. The lowest BCUT2D eigenvalue weighted by molar-refractivity contribution is -0.126. The first kappa shape index (κ1) is 16.0. The first-order chi connectivity index (χ1) is 12.2. The summed E-state index contributed by atoms with van der Waals surface area (Å²) in [5.74, 6) is 2.77. The van der Waals surface area contributed by atoms with E-state index >= 15 is 0 Å². The maximum atomic E-state index is 12.8. The number of aromatic nitrogens is 5. The van der Waals surface area contributed by atoms with Crippen molar-refractivity contribution in [3.05, 3.63) is 30.1 Å². The lowest BCUT2D eigenvalue weighted by Gasteiger charge is -2.33. The maximum absolute atomic E-state index is 12.8. The molecule has 2 aliphatic rings. The van der Waals surface area contributed by atoms with E-state index in [1.54, 1.807) is 12.4 Å². The van der Waals surface area contributed by atoms with E-state index < -0.39 is 0 Å². The molecule has 2 aliphatic heterocycles. The number of amides is 1. The molecule has 0 unspecified atom stereocenters. The molecule has 0 radical (unpaired) electrons. The van der Waals surface area contributed by atoms with E-state index in [1.807, 2.05) is 13.0 Å². The summed E-state index contributed by atoms with van der Waals surface area (Å²) in [6.07, 6.45) is 7.16.